The summed E-state index contributed by atoms with van der Waals surface area (Å²) in [7, 11) is 10.9. The van der Waals surface area contributed by atoms with Crippen molar-refractivity contribution in [1.82, 2.24) is 20.0 Å². The highest BCUT2D eigenvalue weighted by Gasteiger charge is 2.29. The second kappa shape index (κ2) is 55.6. The van der Waals surface area contributed by atoms with Crippen molar-refractivity contribution in [1.29, 1.82) is 0 Å². The fourth-order valence-electron chi connectivity index (χ4n) is 9.30. The highest BCUT2D eigenvalue weighted by Crippen LogP contribution is 2.45. The summed E-state index contributed by atoms with van der Waals surface area (Å²) in [6.45, 7) is 40.0. The molecule has 13 aromatic rings. The molecule has 3 heterocycles. The van der Waals surface area contributed by atoms with Gasteiger partial charge in [-0.1, -0.05) is 331 Å². The second-order valence-electron chi connectivity index (χ2n) is 19.4. The number of anilines is 5. The highest BCUT2D eigenvalue weighted by molar-refractivity contribution is 7.22. The predicted octanol–water partition coefficient (Wildman–Crippen LogP) is 22.6. The van der Waals surface area contributed by atoms with Crippen LogP contribution < -0.4 is 60.1 Å². The number of para-hydroxylation sites is 3. The Labute approximate surface area is 622 Å². The average molecular weight is 1430 g/mol. The molecule has 10 aromatic carbocycles. The van der Waals surface area contributed by atoms with Gasteiger partial charge in [0.15, 0.2) is 5.58 Å². The van der Waals surface area contributed by atoms with Crippen molar-refractivity contribution in [3.05, 3.63) is 230 Å². The first-order valence-corrected chi connectivity index (χ1v) is 37.8. The lowest BCUT2D eigenvalue weighted by Crippen LogP contribution is -2.30. The molecule has 0 unspecified atom stereocenters. The molecule has 1 aliphatic rings. The van der Waals surface area contributed by atoms with Gasteiger partial charge in [0.25, 0.3) is 0 Å². The molecular weight excluding hydrogens is 1300 g/mol. The lowest BCUT2D eigenvalue weighted by atomic mass is 10.1. The summed E-state index contributed by atoms with van der Waals surface area (Å²) in [5.74, 6) is 34.0. The molecule has 3 aromatic heterocycles. The third-order valence-corrected chi connectivity index (χ3v) is 15.5. The Morgan fingerprint density at radius 3 is 1.23 bits per heavy atom. The van der Waals surface area contributed by atoms with Crippen molar-refractivity contribution < 1.29 is 4.42 Å². The molecule has 0 amide bonds. The zero-order valence-electron chi connectivity index (χ0n) is 66.6. The lowest BCUT2D eigenvalue weighted by Gasteiger charge is -2.21. The molecule has 1 aliphatic carbocycles. The van der Waals surface area contributed by atoms with Gasteiger partial charge in [0.1, 0.15) is 5.52 Å². The van der Waals surface area contributed by atoms with Gasteiger partial charge in [0.05, 0.1) is 37.8 Å². The maximum absolute atomic E-state index is 5.96. The number of hydrogen-bond acceptors (Lipinski definition) is 18. The van der Waals surface area contributed by atoms with Crippen molar-refractivity contribution >= 4 is 114 Å². The van der Waals surface area contributed by atoms with Crippen LogP contribution in [-0.4, -0.2) is 62.2 Å². The molecular formula is C84H127N15OS2. The maximum atomic E-state index is 5.96. The zero-order chi connectivity index (χ0) is 77.9. The number of benzene rings is 10. The number of thiazole rings is 2. The van der Waals surface area contributed by atoms with Crippen LogP contribution in [0.15, 0.2) is 223 Å². The van der Waals surface area contributed by atoms with Crippen LogP contribution in [0, 0.1) is 0 Å². The molecule has 18 heteroatoms. The van der Waals surface area contributed by atoms with E-state index in [1.54, 1.807) is 63.9 Å². The number of nitrogens with zero attached hydrogens (tertiary/aromatic N) is 9. The van der Waals surface area contributed by atoms with Gasteiger partial charge in [0.2, 0.25) is 10.3 Å². The summed E-state index contributed by atoms with van der Waals surface area (Å²) in [5.41, 5.74) is 10.9. The highest BCUT2D eigenvalue weighted by atomic mass is 32.1. The molecule has 0 saturated heterocycles. The molecule has 0 atom stereocenters. The number of hydrazine groups is 6. The van der Waals surface area contributed by atoms with Gasteiger partial charge in [-0.25, -0.2) is 44.2 Å². The van der Waals surface area contributed by atoms with Gasteiger partial charge >= 0.3 is 6.01 Å². The number of fused-ring (bicyclic) bond motifs is 10. The van der Waals surface area contributed by atoms with Crippen LogP contribution in [0.3, 0.4) is 0 Å². The molecule has 102 heavy (non-hydrogen) atoms. The van der Waals surface area contributed by atoms with Crippen molar-refractivity contribution in [3.63, 3.8) is 0 Å². The first-order valence-electron chi connectivity index (χ1n) is 36.2. The first-order chi connectivity index (χ1) is 49.6. The zero-order valence-corrected chi connectivity index (χ0v) is 68.2. The van der Waals surface area contributed by atoms with E-state index in [1.165, 1.54) is 74.0 Å². The van der Waals surface area contributed by atoms with Gasteiger partial charge < -0.3 is 14.4 Å². The SMILES string of the molecule is CC.CC.CC.CC.CC.CC.CC.CC.CC.CC.CN(N)C1c2ccccc2-c2ccccc21.CN(N)c1ccc2ccccc2c1.CN(N)c1cccc2ccccc12.CN(N)c1nc2c(ccc3ccccc32)s1.CN(N)c1nc2ccccc2o1.CN(N)c1nc2ccccc2s1. The molecule has 14 rings (SSSR count). The van der Waals surface area contributed by atoms with Crippen molar-refractivity contribution in [2.24, 2.45) is 35.1 Å². The van der Waals surface area contributed by atoms with E-state index in [0.29, 0.717) is 6.01 Å². The number of nitrogens with two attached hydrogens (primary N) is 6. The van der Waals surface area contributed by atoms with E-state index in [0.717, 1.165) is 43.8 Å². The Morgan fingerprint density at radius 1 is 0.324 bits per heavy atom. The van der Waals surface area contributed by atoms with Crippen LogP contribution in [0.1, 0.15) is 156 Å². The van der Waals surface area contributed by atoms with E-state index in [2.05, 4.69) is 130 Å². The molecule has 0 bridgehead atoms. The smallest absolute Gasteiger partial charge is 0.312 e. The summed E-state index contributed by atoms with van der Waals surface area (Å²) in [4.78, 5) is 13.0. The van der Waals surface area contributed by atoms with Crippen molar-refractivity contribution in [2.45, 2.75) is 145 Å². The van der Waals surface area contributed by atoms with E-state index < -0.39 is 0 Å². The third-order valence-electron chi connectivity index (χ3n) is 13.2. The Morgan fingerprint density at radius 2 is 0.735 bits per heavy atom. The summed E-state index contributed by atoms with van der Waals surface area (Å²) in [6, 6.07) is 74.3. The standard InChI is InChI=1S/C14H14N2.C12H11N3S.2C11H12N2.C8H9N3O.C8H9N3S.10C2H6/c1-16(15)14-12-8-4-2-6-10(12)11-7-3-5-9-13(11)14;1-15(13)12-14-11-9-5-3-2-4-8(9)6-7-10(11)16-12;1-13(12)11-8-4-6-9-5-2-3-7-10(9)11;1-13(12)11-7-6-9-4-2-3-5-10(9)8-11;2*1-11(9)8-10-6-4-2-3-5-7(6)12-8;10*1-2/h2-9,14H,15H2,1H3;2-7H,13H2,1H3;2*2-8H,12H2,1H3;2*2-5H,9H2,1H3;10*1-2H3. The fraction of sp³-hybridized carbons (Fsp3) is 0.321. The van der Waals surface area contributed by atoms with Gasteiger partial charge in [-0.15, -0.1) is 0 Å². The van der Waals surface area contributed by atoms with Crippen LogP contribution in [0.5, 0.6) is 0 Å². The van der Waals surface area contributed by atoms with Gasteiger partial charge in [-0.05, 0) is 92.3 Å². The van der Waals surface area contributed by atoms with Crippen LogP contribution in [0.25, 0.3) is 75.0 Å². The van der Waals surface area contributed by atoms with E-state index >= 15 is 0 Å². The number of hydrogen-bond donors (Lipinski definition) is 6. The molecule has 16 nitrogen and oxygen atoms in total. The minimum Gasteiger partial charge on any atom is -0.423 e. The molecule has 0 saturated carbocycles. The summed E-state index contributed by atoms with van der Waals surface area (Å²) in [5, 5.41) is 18.4. The average Bonchev–Trinajstić information content (AvgIpc) is 1.61. The van der Waals surface area contributed by atoms with E-state index in [4.69, 9.17) is 39.5 Å². The molecule has 12 N–H and O–H groups in total. The largest absolute Gasteiger partial charge is 0.423 e. The molecule has 0 radical (unpaired) electrons. The predicted molar refractivity (Wildman–Crippen MR) is 461 cm³/mol. The maximum Gasteiger partial charge on any atom is 0.312 e. The summed E-state index contributed by atoms with van der Waals surface area (Å²) in [6.07, 6.45) is 0. The van der Waals surface area contributed by atoms with Crippen LogP contribution >= 0.6 is 22.7 Å². The Balaban J connectivity index is 0. The normalized spacial score (nSPS) is 9.62. The third kappa shape index (κ3) is 28.8. The minimum atomic E-state index is 0.187. The second-order valence-corrected chi connectivity index (χ2v) is 21.4. The Kier molecular flexibility index (Phi) is 51.8. The molecule has 0 fully saturated rings. The lowest BCUT2D eigenvalue weighted by molar-refractivity contribution is 0.294. The molecule has 0 aliphatic heterocycles. The van der Waals surface area contributed by atoms with Gasteiger partial charge in [-0.3, -0.25) is 20.9 Å². The van der Waals surface area contributed by atoms with Gasteiger partial charge in [-0.2, -0.15) is 4.98 Å². The van der Waals surface area contributed by atoms with E-state index in [9.17, 15) is 0 Å². The quantitative estimate of drug-likeness (QED) is 0.0672. The van der Waals surface area contributed by atoms with Crippen LogP contribution in [0.4, 0.5) is 27.7 Å². The monoisotopic (exact) mass is 1430 g/mol. The summed E-state index contributed by atoms with van der Waals surface area (Å²) < 4.78 is 7.66. The van der Waals surface area contributed by atoms with E-state index in [1.807, 2.05) is 263 Å². The van der Waals surface area contributed by atoms with Crippen molar-refractivity contribution in [2.75, 3.05) is 67.3 Å². The summed E-state index contributed by atoms with van der Waals surface area (Å²) >= 11 is 3.21. The van der Waals surface area contributed by atoms with Gasteiger partial charge in [0, 0.05) is 53.1 Å². The topological polar surface area (TPSA) is 227 Å². The molecule has 556 valence electrons. The van der Waals surface area contributed by atoms with Crippen LogP contribution in [-0.2, 0) is 0 Å². The van der Waals surface area contributed by atoms with Crippen molar-refractivity contribution in [3.8, 4) is 11.1 Å². The fourth-order valence-corrected chi connectivity index (χ4v) is 11.0. The first kappa shape index (κ1) is 95.0. The Bertz CT molecular complexity index is 4020. The molecule has 0 spiro atoms. The number of rotatable bonds is 6. The number of aromatic nitrogens is 3. The Hall–Kier alpha value is -9.05. The minimum absolute atomic E-state index is 0.187. The van der Waals surface area contributed by atoms with Crippen LogP contribution in [0.2, 0.25) is 0 Å². The van der Waals surface area contributed by atoms with E-state index in [-0.39, 0.29) is 6.04 Å². The number of oxazole rings is 1.